The Hall–Kier alpha value is -1.65. The number of hydrogen-bond donors (Lipinski definition) is 1. The molecule has 1 rings (SSSR count). The van der Waals surface area contributed by atoms with Crippen molar-refractivity contribution in [2.24, 2.45) is 10.4 Å². The number of hydrogen-bond acceptors (Lipinski definition) is 5. The number of aliphatic hydroxyl groups excluding tert-OH is 1. The number of Topliss-reactive ketones (excluding diaryl/α,β-unsaturated/α-hetero) is 1. The molecule has 1 aliphatic rings. The second-order valence-electron chi connectivity index (χ2n) is 6.52. The van der Waals surface area contributed by atoms with Crippen LogP contribution in [0.25, 0.3) is 0 Å². The molecule has 0 atom stereocenters. The molecule has 124 valence electrons. The number of ether oxygens (including phenoxy) is 1. The Morgan fingerprint density at radius 3 is 2.59 bits per heavy atom. The van der Waals surface area contributed by atoms with Crippen molar-refractivity contribution in [1.29, 1.82) is 0 Å². The Kier molecular flexibility index (Phi) is 6.78. The Bertz CT molecular complexity index is 489. The van der Waals surface area contributed by atoms with E-state index in [1.807, 2.05) is 13.8 Å². The molecule has 0 saturated heterocycles. The van der Waals surface area contributed by atoms with Gasteiger partial charge in [-0.2, -0.15) is 0 Å². The number of carbonyl (C=O) groups excluding carboxylic acids is 2. The second-order valence-corrected chi connectivity index (χ2v) is 6.52. The quantitative estimate of drug-likeness (QED) is 0.353. The van der Waals surface area contributed by atoms with Crippen LogP contribution < -0.4 is 0 Å². The van der Waals surface area contributed by atoms with Crippen LogP contribution in [0.15, 0.2) is 16.3 Å². The van der Waals surface area contributed by atoms with Crippen molar-refractivity contribution in [1.82, 2.24) is 0 Å². The highest BCUT2D eigenvalue weighted by atomic mass is 16.5. The number of aliphatic imine (C=N–C) groups is 1. The summed E-state index contributed by atoms with van der Waals surface area (Å²) in [4.78, 5) is 28.1. The molecule has 0 aliphatic heterocycles. The van der Waals surface area contributed by atoms with Crippen LogP contribution in [-0.4, -0.2) is 36.2 Å². The van der Waals surface area contributed by atoms with Crippen LogP contribution in [-0.2, 0) is 14.3 Å². The monoisotopic (exact) mass is 309 g/mol. The van der Waals surface area contributed by atoms with E-state index >= 15 is 0 Å². The molecule has 1 saturated carbocycles. The fraction of sp³-hybridized carbons (Fsp3) is 0.706. The molecule has 0 aromatic rings. The lowest BCUT2D eigenvalue weighted by atomic mass is 9.73. The molecule has 1 fully saturated rings. The van der Waals surface area contributed by atoms with Gasteiger partial charge in [-0.3, -0.25) is 14.6 Å². The predicted molar refractivity (Wildman–Crippen MR) is 86.1 cm³/mol. The third kappa shape index (κ3) is 5.28. The molecular weight excluding hydrogens is 282 g/mol. The maximum absolute atomic E-state index is 12.4. The van der Waals surface area contributed by atoms with E-state index in [9.17, 15) is 14.7 Å². The van der Waals surface area contributed by atoms with Gasteiger partial charge in [-0.15, -0.1) is 0 Å². The third-order valence-electron chi connectivity index (χ3n) is 3.75. The number of methoxy groups -OCH3 is 1. The molecule has 0 aromatic heterocycles. The van der Waals surface area contributed by atoms with E-state index in [1.54, 1.807) is 0 Å². The van der Waals surface area contributed by atoms with Crippen LogP contribution in [0, 0.1) is 5.41 Å². The molecule has 0 bridgehead atoms. The highest BCUT2D eigenvalue weighted by Gasteiger charge is 2.36. The highest BCUT2D eigenvalue weighted by Crippen LogP contribution is 2.35. The van der Waals surface area contributed by atoms with Gasteiger partial charge in [0.1, 0.15) is 5.76 Å². The Labute approximate surface area is 132 Å². The smallest absolute Gasteiger partial charge is 0.305 e. The molecule has 22 heavy (non-hydrogen) atoms. The molecule has 0 heterocycles. The number of aliphatic hydroxyl groups is 1. The molecule has 0 radical (unpaired) electrons. The fourth-order valence-electron chi connectivity index (χ4n) is 2.57. The van der Waals surface area contributed by atoms with Crippen LogP contribution in [0.4, 0.5) is 0 Å². The third-order valence-corrected chi connectivity index (χ3v) is 3.75. The maximum atomic E-state index is 12.4. The van der Waals surface area contributed by atoms with Crippen molar-refractivity contribution >= 4 is 17.5 Å². The Balaban J connectivity index is 3.01. The minimum absolute atomic E-state index is 0.0406. The van der Waals surface area contributed by atoms with Gasteiger partial charge in [0.15, 0.2) is 5.78 Å². The van der Waals surface area contributed by atoms with Gasteiger partial charge in [0.05, 0.1) is 19.1 Å². The van der Waals surface area contributed by atoms with E-state index in [0.717, 1.165) is 12.8 Å². The summed E-state index contributed by atoms with van der Waals surface area (Å²) >= 11 is 0. The molecule has 0 unspecified atom stereocenters. The number of esters is 1. The van der Waals surface area contributed by atoms with Crippen LogP contribution in [0.2, 0.25) is 0 Å². The van der Waals surface area contributed by atoms with E-state index in [-0.39, 0.29) is 29.8 Å². The summed E-state index contributed by atoms with van der Waals surface area (Å²) in [6.07, 6.45) is 3.21. The summed E-state index contributed by atoms with van der Waals surface area (Å²) < 4.78 is 4.57. The molecule has 0 aromatic carbocycles. The van der Waals surface area contributed by atoms with Gasteiger partial charge >= 0.3 is 5.97 Å². The Morgan fingerprint density at radius 1 is 1.32 bits per heavy atom. The molecular formula is C17H27NO4. The molecule has 0 amide bonds. The summed E-state index contributed by atoms with van der Waals surface area (Å²) in [7, 11) is 1.30. The number of allylic oxidation sites excluding steroid dienone is 2. The van der Waals surface area contributed by atoms with Crippen molar-refractivity contribution in [3.63, 3.8) is 0 Å². The molecule has 5 nitrogen and oxygen atoms in total. The molecule has 1 aliphatic carbocycles. The lowest BCUT2D eigenvalue weighted by Crippen LogP contribution is -2.33. The first-order valence-electron chi connectivity index (χ1n) is 7.86. The normalized spacial score (nSPS) is 21.8. The van der Waals surface area contributed by atoms with Gasteiger partial charge in [-0.25, -0.2) is 0 Å². The largest absolute Gasteiger partial charge is 0.511 e. The molecule has 0 spiro atoms. The lowest BCUT2D eigenvalue weighted by Gasteiger charge is -2.31. The van der Waals surface area contributed by atoms with Gasteiger partial charge in [-0.1, -0.05) is 27.2 Å². The van der Waals surface area contributed by atoms with Crippen molar-refractivity contribution in [2.75, 3.05) is 13.7 Å². The van der Waals surface area contributed by atoms with Crippen molar-refractivity contribution in [2.45, 2.75) is 59.3 Å². The van der Waals surface area contributed by atoms with Crippen LogP contribution in [0.1, 0.15) is 59.3 Å². The lowest BCUT2D eigenvalue weighted by molar-refractivity contribution is -0.140. The van der Waals surface area contributed by atoms with Gasteiger partial charge in [0, 0.05) is 25.1 Å². The second kappa shape index (κ2) is 8.11. The average molecular weight is 309 g/mol. The zero-order chi connectivity index (χ0) is 16.8. The highest BCUT2D eigenvalue weighted by molar-refractivity contribution is 6.24. The maximum Gasteiger partial charge on any atom is 0.305 e. The molecule has 1 N–H and O–H groups in total. The van der Waals surface area contributed by atoms with Gasteiger partial charge < -0.3 is 9.84 Å². The number of unbranched alkanes of at least 4 members (excludes halogenated alkanes) is 1. The van der Waals surface area contributed by atoms with Gasteiger partial charge in [0.2, 0.25) is 0 Å². The van der Waals surface area contributed by atoms with Crippen LogP contribution in [0.5, 0.6) is 0 Å². The van der Waals surface area contributed by atoms with Gasteiger partial charge in [-0.05, 0) is 18.3 Å². The Morgan fingerprint density at radius 2 is 2.00 bits per heavy atom. The SMILES string of the molecule is CCCCN=C1CC(C)(C)CC(=O)/C1=C(/O)CCC(=O)OC. The number of rotatable bonds is 6. The zero-order valence-electron chi connectivity index (χ0n) is 14.1. The fourth-order valence-corrected chi connectivity index (χ4v) is 2.57. The summed E-state index contributed by atoms with van der Waals surface area (Å²) in [5.74, 6) is -0.532. The summed E-state index contributed by atoms with van der Waals surface area (Å²) in [5, 5.41) is 10.3. The van der Waals surface area contributed by atoms with Crippen molar-refractivity contribution in [3.8, 4) is 0 Å². The topological polar surface area (TPSA) is 76.0 Å². The van der Waals surface area contributed by atoms with E-state index < -0.39 is 5.97 Å². The van der Waals surface area contributed by atoms with Crippen LogP contribution >= 0.6 is 0 Å². The average Bonchev–Trinajstić information content (AvgIpc) is 2.43. The van der Waals surface area contributed by atoms with Crippen LogP contribution in [0.3, 0.4) is 0 Å². The summed E-state index contributed by atoms with van der Waals surface area (Å²) in [5.41, 5.74) is 0.852. The van der Waals surface area contributed by atoms with E-state index in [1.165, 1.54) is 7.11 Å². The number of carbonyl (C=O) groups is 2. The number of ketones is 1. The van der Waals surface area contributed by atoms with Crippen molar-refractivity contribution < 1.29 is 19.4 Å². The number of nitrogens with zero attached hydrogens (tertiary/aromatic N) is 1. The minimum atomic E-state index is -0.403. The van der Waals surface area contributed by atoms with Gasteiger partial charge in [0.25, 0.3) is 0 Å². The van der Waals surface area contributed by atoms with E-state index in [0.29, 0.717) is 30.7 Å². The standard InChI is InChI=1S/C17H27NO4/c1-5-6-9-18-12-10-17(2,3)11-14(20)16(12)13(19)7-8-15(21)22-4/h19H,5-11H2,1-4H3/b16-13+,18-12?. The van der Waals surface area contributed by atoms with E-state index in [2.05, 4.69) is 16.7 Å². The first kappa shape index (κ1) is 18.4. The zero-order valence-corrected chi connectivity index (χ0v) is 14.1. The van der Waals surface area contributed by atoms with Crippen molar-refractivity contribution in [3.05, 3.63) is 11.3 Å². The summed E-state index contributed by atoms with van der Waals surface area (Å²) in [6.45, 7) is 6.80. The van der Waals surface area contributed by atoms with E-state index in [4.69, 9.17) is 0 Å². The summed E-state index contributed by atoms with van der Waals surface area (Å²) in [6, 6.07) is 0. The minimum Gasteiger partial charge on any atom is -0.511 e. The first-order valence-corrected chi connectivity index (χ1v) is 7.86. The molecule has 5 heteroatoms. The first-order chi connectivity index (χ1) is 10.3. The predicted octanol–water partition coefficient (Wildman–Crippen LogP) is 3.38.